The summed E-state index contributed by atoms with van der Waals surface area (Å²) >= 11 is 1.14. The second-order valence-electron chi connectivity index (χ2n) is 5.26. The number of carbonyl (C=O) groups excluding carboxylic acids is 1. The summed E-state index contributed by atoms with van der Waals surface area (Å²) in [5, 5.41) is 9.37. The largest absolute Gasteiger partial charge is 0.508 e. The van der Waals surface area contributed by atoms with Crippen molar-refractivity contribution in [3.63, 3.8) is 0 Å². The lowest BCUT2D eigenvalue weighted by Gasteiger charge is -2.21. The van der Waals surface area contributed by atoms with E-state index in [0.717, 1.165) is 20.5 Å². The molecule has 2 aromatic rings. The van der Waals surface area contributed by atoms with Gasteiger partial charge in [0.1, 0.15) is 9.96 Å². The average Bonchev–Trinajstić information content (AvgIpc) is 3.22. The predicted molar refractivity (Wildman–Crippen MR) is 84.6 cm³/mol. The first-order valence-corrected chi connectivity index (χ1v) is 9.10. The van der Waals surface area contributed by atoms with Crippen LogP contribution in [-0.2, 0) is 14.8 Å². The van der Waals surface area contributed by atoms with Gasteiger partial charge in [-0.15, -0.1) is 11.3 Å². The fourth-order valence-electron chi connectivity index (χ4n) is 2.11. The minimum Gasteiger partial charge on any atom is -0.508 e. The third-order valence-corrected chi connectivity index (χ3v) is 6.61. The van der Waals surface area contributed by atoms with Crippen molar-refractivity contribution in [2.24, 2.45) is 5.92 Å². The second kappa shape index (κ2) is 5.40. The fraction of sp³-hybridized carbons (Fsp3) is 0.267. The zero-order chi connectivity index (χ0) is 15.9. The SMILES string of the molecule is Cc1ccc(S(=O)(=O)N(C(=O)C2CC2)c2ccc(O)cc2)s1. The maximum absolute atomic E-state index is 12.9. The molecule has 0 aliphatic heterocycles. The maximum atomic E-state index is 12.9. The van der Waals surface area contributed by atoms with Gasteiger partial charge in [0, 0.05) is 10.8 Å². The number of anilines is 1. The molecule has 1 amide bonds. The molecule has 0 spiro atoms. The number of hydrogen-bond donors (Lipinski definition) is 1. The molecule has 1 heterocycles. The van der Waals surface area contributed by atoms with Gasteiger partial charge in [0.15, 0.2) is 0 Å². The molecule has 0 bridgehead atoms. The van der Waals surface area contributed by atoms with E-state index in [-0.39, 0.29) is 21.6 Å². The molecule has 116 valence electrons. The van der Waals surface area contributed by atoms with Crippen LogP contribution in [0.4, 0.5) is 5.69 Å². The van der Waals surface area contributed by atoms with Crippen molar-refractivity contribution in [1.82, 2.24) is 0 Å². The van der Waals surface area contributed by atoms with Crippen LogP contribution in [0.1, 0.15) is 17.7 Å². The Morgan fingerprint density at radius 3 is 2.32 bits per heavy atom. The van der Waals surface area contributed by atoms with Crippen LogP contribution >= 0.6 is 11.3 Å². The zero-order valence-corrected chi connectivity index (χ0v) is 13.5. The molecule has 7 heteroatoms. The van der Waals surface area contributed by atoms with Gasteiger partial charge in [-0.1, -0.05) is 0 Å². The highest BCUT2D eigenvalue weighted by Gasteiger charge is 2.40. The Hall–Kier alpha value is -1.86. The number of benzene rings is 1. The smallest absolute Gasteiger partial charge is 0.280 e. The number of thiophene rings is 1. The molecule has 1 fully saturated rings. The molecule has 0 atom stereocenters. The van der Waals surface area contributed by atoms with Crippen LogP contribution in [0.5, 0.6) is 5.75 Å². The van der Waals surface area contributed by atoms with Crippen LogP contribution < -0.4 is 4.31 Å². The van der Waals surface area contributed by atoms with Crippen molar-refractivity contribution in [3.05, 3.63) is 41.3 Å². The Kier molecular flexibility index (Phi) is 3.70. The van der Waals surface area contributed by atoms with Crippen molar-refractivity contribution in [2.75, 3.05) is 4.31 Å². The molecule has 5 nitrogen and oxygen atoms in total. The molecule has 22 heavy (non-hydrogen) atoms. The van der Waals surface area contributed by atoms with Gasteiger partial charge in [-0.2, -0.15) is 8.42 Å². The minimum atomic E-state index is -3.93. The highest BCUT2D eigenvalue weighted by atomic mass is 32.2. The summed E-state index contributed by atoms with van der Waals surface area (Å²) in [4.78, 5) is 13.4. The van der Waals surface area contributed by atoms with E-state index in [1.165, 1.54) is 30.3 Å². The van der Waals surface area contributed by atoms with Gasteiger partial charge in [-0.3, -0.25) is 4.79 Å². The van der Waals surface area contributed by atoms with Crippen molar-refractivity contribution in [2.45, 2.75) is 24.0 Å². The molecular weight excluding hydrogens is 322 g/mol. The van der Waals surface area contributed by atoms with Crippen LogP contribution in [0.3, 0.4) is 0 Å². The molecule has 0 saturated heterocycles. The van der Waals surface area contributed by atoms with Gasteiger partial charge < -0.3 is 5.11 Å². The van der Waals surface area contributed by atoms with Crippen LogP contribution in [0, 0.1) is 12.8 Å². The fourth-order valence-corrected chi connectivity index (χ4v) is 4.94. The van der Waals surface area contributed by atoms with E-state index < -0.39 is 15.9 Å². The lowest BCUT2D eigenvalue weighted by molar-refractivity contribution is -0.118. The average molecular weight is 337 g/mol. The van der Waals surface area contributed by atoms with Crippen LogP contribution in [0.15, 0.2) is 40.6 Å². The monoisotopic (exact) mass is 337 g/mol. The van der Waals surface area contributed by atoms with Gasteiger partial charge in [0.25, 0.3) is 10.0 Å². The number of nitrogens with zero attached hydrogens (tertiary/aromatic N) is 1. The van der Waals surface area contributed by atoms with Crippen molar-refractivity contribution in [3.8, 4) is 5.75 Å². The number of phenolic OH excluding ortho intramolecular Hbond substituents is 1. The molecule has 1 aromatic carbocycles. The number of aryl methyl sites for hydroxylation is 1. The summed E-state index contributed by atoms with van der Waals surface area (Å²) < 4.78 is 26.7. The molecular formula is C15H15NO4S2. The second-order valence-corrected chi connectivity index (χ2v) is 8.56. The van der Waals surface area contributed by atoms with E-state index in [1.54, 1.807) is 6.07 Å². The van der Waals surface area contributed by atoms with E-state index in [4.69, 9.17) is 0 Å². The summed E-state index contributed by atoms with van der Waals surface area (Å²) in [7, 11) is -3.93. The number of hydrogen-bond acceptors (Lipinski definition) is 5. The molecule has 3 rings (SSSR count). The number of sulfonamides is 1. The third-order valence-electron chi connectivity index (χ3n) is 3.42. The quantitative estimate of drug-likeness (QED) is 0.931. The standard InChI is InChI=1S/C15H15NO4S2/c1-10-2-9-14(21-10)22(19,20)16(15(18)11-3-4-11)12-5-7-13(17)8-6-12/h2,5-9,11,17H,3-4H2,1H3. The number of amides is 1. The Balaban J connectivity index is 2.08. The number of aromatic hydroxyl groups is 1. The minimum absolute atomic E-state index is 0.0203. The summed E-state index contributed by atoms with van der Waals surface area (Å²) in [6.45, 7) is 1.82. The highest BCUT2D eigenvalue weighted by molar-refractivity contribution is 7.95. The summed E-state index contributed by atoms with van der Waals surface area (Å²) in [6, 6.07) is 8.85. The van der Waals surface area contributed by atoms with Gasteiger partial charge in [-0.05, 0) is 56.2 Å². The molecule has 1 aliphatic rings. The first-order chi connectivity index (χ1) is 10.4. The number of rotatable bonds is 4. The Morgan fingerprint density at radius 2 is 1.82 bits per heavy atom. The topological polar surface area (TPSA) is 74.7 Å². The van der Waals surface area contributed by atoms with Crippen molar-refractivity contribution >= 4 is 33.0 Å². The van der Waals surface area contributed by atoms with Crippen molar-refractivity contribution < 1.29 is 18.3 Å². The van der Waals surface area contributed by atoms with Gasteiger partial charge >= 0.3 is 0 Å². The third kappa shape index (κ3) is 2.74. The number of carbonyl (C=O) groups is 1. The Bertz CT molecular complexity index is 804. The highest BCUT2D eigenvalue weighted by Crippen LogP contribution is 2.37. The molecule has 1 aliphatic carbocycles. The van der Waals surface area contributed by atoms with E-state index in [1.807, 2.05) is 6.92 Å². The van der Waals surface area contributed by atoms with Crippen LogP contribution in [-0.4, -0.2) is 19.4 Å². The first kappa shape index (κ1) is 15.1. The summed E-state index contributed by atoms with van der Waals surface area (Å²) in [5.41, 5.74) is 0.251. The lowest BCUT2D eigenvalue weighted by atomic mass is 10.3. The normalized spacial score (nSPS) is 14.8. The van der Waals surface area contributed by atoms with E-state index in [9.17, 15) is 18.3 Å². The predicted octanol–water partition coefficient (Wildman–Crippen LogP) is 2.89. The van der Waals surface area contributed by atoms with Crippen molar-refractivity contribution in [1.29, 1.82) is 0 Å². The van der Waals surface area contributed by atoms with E-state index in [0.29, 0.717) is 12.8 Å². The summed E-state index contributed by atoms with van der Waals surface area (Å²) in [6.07, 6.45) is 1.43. The maximum Gasteiger partial charge on any atom is 0.280 e. The summed E-state index contributed by atoms with van der Waals surface area (Å²) in [5.74, 6) is -0.617. The van der Waals surface area contributed by atoms with E-state index in [2.05, 4.69) is 0 Å². The molecule has 1 aromatic heterocycles. The van der Waals surface area contributed by atoms with Gasteiger partial charge in [-0.25, -0.2) is 4.31 Å². The molecule has 0 unspecified atom stereocenters. The molecule has 1 saturated carbocycles. The number of phenols is 1. The van der Waals surface area contributed by atoms with E-state index >= 15 is 0 Å². The van der Waals surface area contributed by atoms with Crippen LogP contribution in [0.2, 0.25) is 0 Å². The Morgan fingerprint density at radius 1 is 1.18 bits per heavy atom. The zero-order valence-electron chi connectivity index (χ0n) is 11.9. The van der Waals surface area contributed by atoms with Gasteiger partial charge in [0.05, 0.1) is 5.69 Å². The Labute approximate surface area is 132 Å². The van der Waals surface area contributed by atoms with Crippen LogP contribution in [0.25, 0.3) is 0 Å². The molecule has 1 N–H and O–H groups in total. The lowest BCUT2D eigenvalue weighted by Crippen LogP contribution is -2.37. The molecule has 0 radical (unpaired) electrons. The first-order valence-electron chi connectivity index (χ1n) is 6.84. The van der Waals surface area contributed by atoms with Gasteiger partial charge in [0.2, 0.25) is 5.91 Å².